The van der Waals surface area contributed by atoms with Crippen LogP contribution in [-0.4, -0.2) is 18.0 Å². The molecule has 0 aromatic heterocycles. The Labute approximate surface area is 184 Å². The van der Waals surface area contributed by atoms with Crippen LogP contribution in [0.25, 0.3) is 0 Å². The quantitative estimate of drug-likeness (QED) is 0.305. The van der Waals surface area contributed by atoms with Gasteiger partial charge < -0.3 is 10.6 Å². The molecule has 0 heterocycles. The van der Waals surface area contributed by atoms with E-state index in [4.69, 9.17) is 11.6 Å². The van der Waals surface area contributed by atoms with Crippen LogP contribution in [0.1, 0.15) is 16.7 Å². The molecule has 0 atom stereocenters. The summed E-state index contributed by atoms with van der Waals surface area (Å²) in [5.41, 5.74) is 5.40. The van der Waals surface area contributed by atoms with Crippen LogP contribution >= 0.6 is 11.6 Å². The highest BCUT2D eigenvalue weighted by Gasteiger charge is 2.12. The molecule has 0 spiro atoms. The van der Waals surface area contributed by atoms with Gasteiger partial charge in [0.1, 0.15) is 5.82 Å². The zero-order chi connectivity index (χ0) is 22.2. The molecule has 0 unspecified atom stereocenters. The third-order valence-electron chi connectivity index (χ3n) is 4.43. The van der Waals surface area contributed by atoms with Gasteiger partial charge in [-0.15, -0.1) is 0 Å². The first kappa shape index (κ1) is 22.0. The van der Waals surface area contributed by atoms with Gasteiger partial charge in [0.15, 0.2) is 0 Å². The molecule has 0 fully saturated rings. The third kappa shape index (κ3) is 6.13. The highest BCUT2D eigenvalue weighted by atomic mass is 35.5. The van der Waals surface area contributed by atoms with Crippen molar-refractivity contribution in [3.8, 4) is 0 Å². The van der Waals surface area contributed by atoms with E-state index in [9.17, 15) is 14.0 Å². The first-order chi connectivity index (χ1) is 14.9. The number of anilines is 2. The Balaban J connectivity index is 1.63. The molecule has 8 heteroatoms. The minimum Gasteiger partial charge on any atom is -0.353 e. The zero-order valence-corrected chi connectivity index (χ0v) is 17.4. The van der Waals surface area contributed by atoms with Crippen molar-refractivity contribution in [2.75, 3.05) is 5.32 Å². The summed E-state index contributed by atoms with van der Waals surface area (Å²) >= 11 is 6.04. The molecule has 158 valence electrons. The van der Waals surface area contributed by atoms with Crippen LogP contribution in [0.4, 0.5) is 15.8 Å². The Morgan fingerprint density at radius 2 is 1.74 bits per heavy atom. The first-order valence-electron chi connectivity index (χ1n) is 9.41. The lowest BCUT2D eigenvalue weighted by atomic mass is 10.1. The van der Waals surface area contributed by atoms with Crippen LogP contribution in [0.15, 0.2) is 71.8 Å². The lowest BCUT2D eigenvalue weighted by Crippen LogP contribution is -2.37. The number of carbonyl (C=O) groups is 2. The summed E-state index contributed by atoms with van der Waals surface area (Å²) < 4.78 is 13.9. The minimum absolute atomic E-state index is 0.230. The van der Waals surface area contributed by atoms with E-state index in [2.05, 4.69) is 21.2 Å². The molecule has 31 heavy (non-hydrogen) atoms. The molecular formula is C23H20ClFN4O2. The van der Waals surface area contributed by atoms with Crippen molar-refractivity contribution in [2.45, 2.75) is 13.5 Å². The number of hydrogen-bond acceptors (Lipinski definition) is 4. The highest BCUT2D eigenvalue weighted by molar-refractivity contribution is 6.35. The van der Waals surface area contributed by atoms with E-state index in [-0.39, 0.29) is 12.2 Å². The van der Waals surface area contributed by atoms with Crippen LogP contribution in [0.5, 0.6) is 0 Å². The molecule has 3 rings (SSSR count). The Kier molecular flexibility index (Phi) is 7.35. The number of aryl methyl sites for hydroxylation is 1. The van der Waals surface area contributed by atoms with Crippen molar-refractivity contribution in [1.29, 1.82) is 0 Å². The number of hydrogen-bond donors (Lipinski definition) is 3. The number of carbonyl (C=O) groups excluding carboxylic acids is 2. The maximum absolute atomic E-state index is 13.9. The maximum atomic E-state index is 13.9. The number of halogens is 2. The van der Waals surface area contributed by atoms with Gasteiger partial charge in [0.25, 0.3) is 0 Å². The second-order valence-corrected chi connectivity index (χ2v) is 7.08. The topological polar surface area (TPSA) is 82.6 Å². The van der Waals surface area contributed by atoms with Gasteiger partial charge in [0.05, 0.1) is 11.9 Å². The van der Waals surface area contributed by atoms with E-state index in [0.717, 1.165) is 11.1 Å². The van der Waals surface area contributed by atoms with Crippen LogP contribution in [0.2, 0.25) is 5.02 Å². The highest BCUT2D eigenvalue weighted by Crippen LogP contribution is 2.24. The summed E-state index contributed by atoms with van der Waals surface area (Å²) in [5, 5.41) is 9.76. The van der Waals surface area contributed by atoms with Crippen molar-refractivity contribution >= 4 is 41.0 Å². The van der Waals surface area contributed by atoms with Gasteiger partial charge >= 0.3 is 11.8 Å². The molecule has 0 aliphatic rings. The Morgan fingerprint density at radius 3 is 2.52 bits per heavy atom. The van der Waals surface area contributed by atoms with Gasteiger partial charge in [-0.05, 0) is 48.4 Å². The van der Waals surface area contributed by atoms with Gasteiger partial charge in [-0.3, -0.25) is 9.59 Å². The van der Waals surface area contributed by atoms with Gasteiger partial charge in [-0.2, -0.15) is 5.10 Å². The van der Waals surface area contributed by atoms with Crippen LogP contribution in [-0.2, 0) is 16.1 Å². The largest absolute Gasteiger partial charge is 0.353 e. The van der Waals surface area contributed by atoms with Crippen molar-refractivity contribution in [3.63, 3.8) is 0 Å². The number of para-hydroxylation sites is 1. The van der Waals surface area contributed by atoms with Crippen molar-refractivity contribution in [1.82, 2.24) is 10.7 Å². The zero-order valence-electron chi connectivity index (χ0n) is 16.7. The predicted molar refractivity (Wildman–Crippen MR) is 120 cm³/mol. The fraction of sp³-hybridized carbons (Fsp3) is 0.0870. The average molecular weight is 439 g/mol. The lowest BCUT2D eigenvalue weighted by Gasteiger charge is -2.11. The molecule has 0 aliphatic heterocycles. The fourth-order valence-corrected chi connectivity index (χ4v) is 2.92. The fourth-order valence-electron chi connectivity index (χ4n) is 2.74. The maximum Gasteiger partial charge on any atom is 0.329 e. The molecule has 0 aliphatic carbocycles. The minimum atomic E-state index is -0.907. The predicted octanol–water partition coefficient (Wildman–Crippen LogP) is 4.30. The van der Waals surface area contributed by atoms with Crippen LogP contribution in [0.3, 0.4) is 0 Å². The van der Waals surface area contributed by atoms with E-state index in [1.165, 1.54) is 12.3 Å². The Morgan fingerprint density at radius 1 is 1.00 bits per heavy atom. The van der Waals surface area contributed by atoms with E-state index < -0.39 is 17.6 Å². The van der Waals surface area contributed by atoms with Gasteiger partial charge in [0.2, 0.25) is 0 Å². The van der Waals surface area contributed by atoms with Crippen molar-refractivity contribution in [3.05, 3.63) is 94.3 Å². The normalized spacial score (nSPS) is 10.7. The van der Waals surface area contributed by atoms with Gasteiger partial charge in [-0.25, -0.2) is 9.82 Å². The van der Waals surface area contributed by atoms with Crippen molar-refractivity contribution < 1.29 is 14.0 Å². The van der Waals surface area contributed by atoms with E-state index in [0.29, 0.717) is 16.3 Å². The molecule has 3 aromatic carbocycles. The molecule has 0 bridgehead atoms. The van der Waals surface area contributed by atoms with Crippen LogP contribution in [0, 0.1) is 12.7 Å². The summed E-state index contributed by atoms with van der Waals surface area (Å²) in [5.74, 6) is -2.13. The van der Waals surface area contributed by atoms with Crippen LogP contribution < -0.4 is 16.1 Å². The standard InChI is InChI=1S/C23H20ClFN4O2/c1-15-6-2-3-7-16(15)13-26-22(30)23(31)29-27-14-17-12-18(24)10-11-20(17)28-21-9-5-4-8-19(21)25/h2-12,14,28H,13H2,1H3,(H,26,30)(H,29,31)/b27-14-. The van der Waals surface area contributed by atoms with E-state index >= 15 is 0 Å². The molecular weight excluding hydrogens is 419 g/mol. The molecule has 3 aromatic rings. The smallest absolute Gasteiger partial charge is 0.329 e. The average Bonchev–Trinajstić information content (AvgIpc) is 2.76. The summed E-state index contributed by atoms with van der Waals surface area (Å²) in [6.07, 6.45) is 1.32. The second kappa shape index (κ2) is 10.4. The van der Waals surface area contributed by atoms with Crippen molar-refractivity contribution in [2.24, 2.45) is 5.10 Å². The molecule has 0 radical (unpaired) electrons. The summed E-state index contributed by atoms with van der Waals surface area (Å²) in [6, 6.07) is 18.6. The Bertz CT molecular complexity index is 1130. The monoisotopic (exact) mass is 438 g/mol. The Hall–Kier alpha value is -3.71. The van der Waals surface area contributed by atoms with Gasteiger partial charge in [0, 0.05) is 22.8 Å². The number of benzene rings is 3. The lowest BCUT2D eigenvalue weighted by molar-refractivity contribution is -0.139. The number of rotatable bonds is 6. The molecule has 6 nitrogen and oxygen atoms in total. The number of nitrogens with zero attached hydrogens (tertiary/aromatic N) is 1. The third-order valence-corrected chi connectivity index (χ3v) is 4.67. The molecule has 0 saturated carbocycles. The number of nitrogens with one attached hydrogen (secondary N) is 3. The van der Waals surface area contributed by atoms with E-state index in [1.54, 1.807) is 36.4 Å². The van der Waals surface area contributed by atoms with Gasteiger partial charge in [-0.1, -0.05) is 48.0 Å². The summed E-state index contributed by atoms with van der Waals surface area (Å²) in [6.45, 7) is 2.15. The first-order valence-corrected chi connectivity index (χ1v) is 9.78. The van der Waals surface area contributed by atoms with E-state index in [1.807, 2.05) is 31.2 Å². The molecule has 0 saturated heterocycles. The number of hydrazone groups is 1. The molecule has 3 N–H and O–H groups in total. The molecule has 2 amide bonds. The summed E-state index contributed by atoms with van der Waals surface area (Å²) in [7, 11) is 0. The SMILES string of the molecule is Cc1ccccc1CNC(=O)C(=O)N/N=C\c1cc(Cl)ccc1Nc1ccccc1F. The summed E-state index contributed by atoms with van der Waals surface area (Å²) in [4.78, 5) is 24.0. The number of amides is 2. The second-order valence-electron chi connectivity index (χ2n) is 6.64.